The van der Waals surface area contributed by atoms with Crippen LogP contribution in [0.2, 0.25) is 0 Å². The molecule has 0 atom stereocenters. The van der Waals surface area contributed by atoms with Gasteiger partial charge in [-0.15, -0.1) is 0 Å². The highest BCUT2D eigenvalue weighted by Gasteiger charge is 2.31. The minimum atomic E-state index is -3.38. The molecule has 186 valence electrons. The molecule has 1 aliphatic heterocycles. The van der Waals surface area contributed by atoms with Gasteiger partial charge in [0.1, 0.15) is 16.5 Å². The summed E-state index contributed by atoms with van der Waals surface area (Å²) in [5.74, 6) is -1.62. The number of aromatic nitrogens is 2. The molecule has 1 fully saturated rings. The molecule has 0 N–H and O–H groups in total. The van der Waals surface area contributed by atoms with E-state index in [0.717, 1.165) is 33.3 Å². The summed E-state index contributed by atoms with van der Waals surface area (Å²) in [5, 5.41) is 3.69. The molecule has 4 rings (SSSR count). The Bertz CT molecular complexity index is 1360. The van der Waals surface area contributed by atoms with Crippen molar-refractivity contribution in [3.05, 3.63) is 76.2 Å². The number of aryl methyl sites for hydroxylation is 1. The summed E-state index contributed by atoms with van der Waals surface area (Å²) in [6.45, 7) is 6.59. The molecular weight excluding hydrogens is 494 g/mol. The van der Waals surface area contributed by atoms with Crippen LogP contribution in [0.15, 0.2) is 63.2 Å². The largest absolute Gasteiger partial charge is 0.367 e. The number of anilines is 1. The van der Waals surface area contributed by atoms with Crippen LogP contribution in [-0.2, 0) is 10.0 Å². The van der Waals surface area contributed by atoms with E-state index in [2.05, 4.69) is 5.10 Å². The lowest BCUT2D eigenvalue weighted by atomic mass is 10.2. The summed E-state index contributed by atoms with van der Waals surface area (Å²) in [6.07, 6.45) is 1.49. The van der Waals surface area contributed by atoms with E-state index in [1.54, 1.807) is 13.8 Å². The van der Waals surface area contributed by atoms with Crippen LogP contribution < -0.4 is 10.5 Å². The van der Waals surface area contributed by atoms with Gasteiger partial charge in [-0.2, -0.15) is 14.1 Å². The first-order chi connectivity index (χ1) is 16.6. The van der Waals surface area contributed by atoms with Gasteiger partial charge in [-0.3, -0.25) is 4.79 Å². The molecule has 0 saturated carbocycles. The second-order valence-corrected chi connectivity index (χ2v) is 12.2. The Morgan fingerprint density at radius 1 is 0.971 bits per heavy atom. The van der Waals surface area contributed by atoms with Gasteiger partial charge in [-0.05, 0) is 45.0 Å². The molecule has 11 heteroatoms. The van der Waals surface area contributed by atoms with Crippen LogP contribution in [0.25, 0.3) is 5.69 Å². The third-order valence-electron chi connectivity index (χ3n) is 5.78. The fourth-order valence-electron chi connectivity index (χ4n) is 3.80. The van der Waals surface area contributed by atoms with Crippen LogP contribution >= 0.6 is 11.8 Å². The van der Waals surface area contributed by atoms with Crippen molar-refractivity contribution in [2.75, 3.05) is 31.1 Å². The third kappa shape index (κ3) is 5.41. The number of benzene rings is 2. The lowest BCUT2D eigenvalue weighted by Crippen LogP contribution is -2.50. The van der Waals surface area contributed by atoms with Gasteiger partial charge in [-0.1, -0.05) is 29.5 Å². The molecule has 0 amide bonds. The van der Waals surface area contributed by atoms with Crippen LogP contribution in [0.3, 0.4) is 0 Å². The van der Waals surface area contributed by atoms with Gasteiger partial charge in [0, 0.05) is 37.1 Å². The normalized spacial score (nSPS) is 15.1. The molecule has 1 saturated heterocycles. The monoisotopic (exact) mass is 520 g/mol. The quantitative estimate of drug-likeness (QED) is 0.492. The second kappa shape index (κ2) is 10.1. The summed E-state index contributed by atoms with van der Waals surface area (Å²) in [4.78, 5) is 16.6. The van der Waals surface area contributed by atoms with E-state index in [1.165, 1.54) is 22.3 Å². The van der Waals surface area contributed by atoms with E-state index in [-0.39, 0.29) is 18.8 Å². The number of piperazine rings is 1. The Labute approximate surface area is 207 Å². The zero-order valence-corrected chi connectivity index (χ0v) is 21.2. The summed E-state index contributed by atoms with van der Waals surface area (Å²) in [6, 6.07) is 10.5. The lowest BCUT2D eigenvalue weighted by Gasteiger charge is -2.36. The van der Waals surface area contributed by atoms with Crippen molar-refractivity contribution < 1.29 is 17.2 Å². The number of sulfonamides is 1. The minimum Gasteiger partial charge on any atom is -0.367 e. The molecule has 2 aromatic carbocycles. The van der Waals surface area contributed by atoms with E-state index >= 15 is 0 Å². The average molecular weight is 521 g/mol. The maximum Gasteiger partial charge on any atom is 0.287 e. The van der Waals surface area contributed by atoms with Gasteiger partial charge < -0.3 is 4.90 Å². The first-order valence-corrected chi connectivity index (χ1v) is 13.5. The summed E-state index contributed by atoms with van der Waals surface area (Å²) >= 11 is 1.24. The van der Waals surface area contributed by atoms with Crippen LogP contribution in [0, 0.1) is 18.6 Å². The third-order valence-corrected chi connectivity index (χ3v) is 9.15. The molecule has 1 aromatic heterocycles. The molecule has 0 bridgehead atoms. The van der Waals surface area contributed by atoms with Crippen LogP contribution in [0.4, 0.5) is 14.5 Å². The van der Waals surface area contributed by atoms with E-state index in [4.69, 9.17) is 0 Å². The highest BCUT2D eigenvalue weighted by Crippen LogP contribution is 2.33. The number of rotatable bonds is 6. The second-order valence-electron chi connectivity index (χ2n) is 8.60. The molecule has 0 aliphatic carbocycles. The molecule has 0 spiro atoms. The van der Waals surface area contributed by atoms with E-state index in [1.807, 2.05) is 36.1 Å². The number of hydrogen-bond donors (Lipinski definition) is 0. The van der Waals surface area contributed by atoms with E-state index in [0.29, 0.717) is 23.7 Å². The number of halogens is 2. The Morgan fingerprint density at radius 2 is 1.57 bits per heavy atom. The Balaban J connectivity index is 1.73. The van der Waals surface area contributed by atoms with Crippen molar-refractivity contribution >= 4 is 27.5 Å². The van der Waals surface area contributed by atoms with Crippen molar-refractivity contribution in [1.29, 1.82) is 0 Å². The highest BCUT2D eigenvalue weighted by atomic mass is 32.2. The fourth-order valence-corrected chi connectivity index (χ4v) is 6.04. The number of nitrogens with zero attached hydrogens (tertiary/aromatic N) is 4. The summed E-state index contributed by atoms with van der Waals surface area (Å²) in [5.41, 5.74) is 1.09. The zero-order valence-electron chi connectivity index (χ0n) is 19.6. The molecule has 35 heavy (non-hydrogen) atoms. The topological polar surface area (TPSA) is 75.5 Å². The highest BCUT2D eigenvalue weighted by molar-refractivity contribution is 7.99. The van der Waals surface area contributed by atoms with Crippen molar-refractivity contribution in [2.45, 2.75) is 35.8 Å². The van der Waals surface area contributed by atoms with Gasteiger partial charge >= 0.3 is 0 Å². The zero-order chi connectivity index (χ0) is 25.3. The molecule has 1 aliphatic rings. The average Bonchev–Trinajstić information content (AvgIpc) is 2.81. The number of hydrogen-bond acceptors (Lipinski definition) is 6. The fraction of sp³-hybridized carbons (Fsp3) is 0.333. The van der Waals surface area contributed by atoms with Crippen LogP contribution in [0.1, 0.15) is 19.4 Å². The molecule has 0 unspecified atom stereocenters. The van der Waals surface area contributed by atoms with Crippen LogP contribution in [0.5, 0.6) is 0 Å². The molecular formula is C24H26F2N4O3S2. The molecule has 7 nitrogen and oxygen atoms in total. The van der Waals surface area contributed by atoms with E-state index < -0.39 is 32.5 Å². The predicted molar refractivity (Wildman–Crippen MR) is 133 cm³/mol. The maximum atomic E-state index is 13.8. The van der Waals surface area contributed by atoms with Crippen molar-refractivity contribution in [3.8, 4) is 5.69 Å². The van der Waals surface area contributed by atoms with E-state index in [9.17, 15) is 22.0 Å². The van der Waals surface area contributed by atoms with Crippen LogP contribution in [-0.4, -0.2) is 53.9 Å². The molecule has 0 radical (unpaired) electrons. The molecule has 2 heterocycles. The molecule has 3 aromatic rings. The minimum absolute atomic E-state index is 0.0161. The standard InChI is InChI=1S/C24H26F2N4O3S2/c1-16(2)35(32,33)29-10-8-28(9-11-29)22-15-27-30(20-13-18(25)12-19(26)14-20)24(31)23(22)34-21-6-4-17(3)5-7-21/h4-7,12-16H,8-11H2,1-3H3. The summed E-state index contributed by atoms with van der Waals surface area (Å²) < 4.78 is 55.2. The first-order valence-electron chi connectivity index (χ1n) is 11.1. The Hall–Kier alpha value is -2.76. The Morgan fingerprint density at radius 3 is 2.14 bits per heavy atom. The predicted octanol–water partition coefficient (Wildman–Crippen LogP) is 3.83. The lowest BCUT2D eigenvalue weighted by molar-refractivity contribution is 0.380. The van der Waals surface area contributed by atoms with Crippen molar-refractivity contribution in [3.63, 3.8) is 0 Å². The van der Waals surface area contributed by atoms with Gasteiger partial charge in [0.25, 0.3) is 5.56 Å². The van der Waals surface area contributed by atoms with Crippen molar-refractivity contribution in [2.24, 2.45) is 0 Å². The van der Waals surface area contributed by atoms with Gasteiger partial charge in [0.05, 0.1) is 22.8 Å². The SMILES string of the molecule is Cc1ccc(Sc2c(N3CCN(S(=O)(=O)C(C)C)CC3)cnn(-c3cc(F)cc(F)c3)c2=O)cc1. The maximum absolute atomic E-state index is 13.8. The van der Waals surface area contributed by atoms with Gasteiger partial charge in [0.15, 0.2) is 0 Å². The summed E-state index contributed by atoms with van der Waals surface area (Å²) in [7, 11) is -3.38. The van der Waals surface area contributed by atoms with Gasteiger partial charge in [-0.25, -0.2) is 17.2 Å². The Kier molecular flexibility index (Phi) is 7.30. The first kappa shape index (κ1) is 25.3. The smallest absolute Gasteiger partial charge is 0.287 e. The van der Waals surface area contributed by atoms with Gasteiger partial charge in [0.2, 0.25) is 10.0 Å². The van der Waals surface area contributed by atoms with Crippen molar-refractivity contribution in [1.82, 2.24) is 14.1 Å².